The molecule has 4 heteroatoms. The summed E-state index contributed by atoms with van der Waals surface area (Å²) in [6, 6.07) is 4.04. The molecule has 0 saturated heterocycles. The molecule has 1 aromatic rings. The Morgan fingerprint density at radius 1 is 1.42 bits per heavy atom. The summed E-state index contributed by atoms with van der Waals surface area (Å²) >= 11 is 0. The molecule has 0 aliphatic carbocycles. The lowest BCUT2D eigenvalue weighted by atomic mass is 9.97. The lowest BCUT2D eigenvalue weighted by Crippen LogP contribution is -2.36. The molecule has 2 aliphatic heterocycles. The third kappa shape index (κ3) is 2.18. The zero-order valence-electron chi connectivity index (χ0n) is 11.3. The number of aromatic nitrogens is 1. The number of aliphatic imine (C=N–C) groups is 1. The summed E-state index contributed by atoms with van der Waals surface area (Å²) in [6.07, 6.45) is 2.75. The van der Waals surface area contributed by atoms with E-state index in [1.807, 2.05) is 17.2 Å². The topological polar surface area (TPSA) is 45.6 Å². The number of hydrogen-bond donors (Lipinski definition) is 0. The smallest absolute Gasteiger partial charge is 0.219 e. The van der Waals surface area contributed by atoms with Gasteiger partial charge in [0.25, 0.3) is 0 Å². The first kappa shape index (κ1) is 12.1. The van der Waals surface area contributed by atoms with Crippen molar-refractivity contribution in [2.45, 2.75) is 20.3 Å². The molecule has 4 nitrogen and oxygen atoms in total. The second-order valence-electron chi connectivity index (χ2n) is 5.16. The van der Waals surface area contributed by atoms with Crippen molar-refractivity contribution in [2.75, 3.05) is 19.6 Å². The van der Waals surface area contributed by atoms with Crippen molar-refractivity contribution < 1.29 is 4.79 Å². The van der Waals surface area contributed by atoms with Gasteiger partial charge in [-0.1, -0.05) is 0 Å². The van der Waals surface area contributed by atoms with Crippen molar-refractivity contribution in [3.63, 3.8) is 0 Å². The quantitative estimate of drug-likeness (QED) is 0.767. The molecule has 0 N–H and O–H groups in total. The van der Waals surface area contributed by atoms with E-state index in [1.165, 1.54) is 16.7 Å². The average Bonchev–Trinajstić information content (AvgIpc) is 2.81. The summed E-state index contributed by atoms with van der Waals surface area (Å²) in [7, 11) is 0. The van der Waals surface area contributed by atoms with Crippen molar-refractivity contribution in [1.82, 2.24) is 9.88 Å². The van der Waals surface area contributed by atoms with Crippen LogP contribution in [0.1, 0.15) is 24.6 Å². The molecular weight excluding hydrogens is 238 g/mol. The van der Waals surface area contributed by atoms with Crippen LogP contribution in [0.15, 0.2) is 34.5 Å². The Bertz CT molecular complexity index is 601. The Kier molecular flexibility index (Phi) is 2.93. The molecule has 98 valence electrons. The van der Waals surface area contributed by atoms with Crippen molar-refractivity contribution in [3.05, 3.63) is 40.7 Å². The van der Waals surface area contributed by atoms with Crippen LogP contribution in [0, 0.1) is 6.92 Å². The zero-order valence-corrected chi connectivity index (χ0v) is 11.3. The molecule has 0 spiro atoms. The lowest BCUT2D eigenvalue weighted by molar-refractivity contribution is -0.128. The highest BCUT2D eigenvalue weighted by Gasteiger charge is 2.28. The van der Waals surface area contributed by atoms with E-state index in [1.54, 1.807) is 6.92 Å². The average molecular weight is 255 g/mol. The summed E-state index contributed by atoms with van der Waals surface area (Å²) in [6.45, 7) is 5.95. The Morgan fingerprint density at radius 2 is 2.26 bits per heavy atom. The Hall–Kier alpha value is -1.97. The molecule has 0 radical (unpaired) electrons. The van der Waals surface area contributed by atoms with Gasteiger partial charge in [-0.2, -0.15) is 0 Å². The van der Waals surface area contributed by atoms with Crippen LogP contribution in [0.25, 0.3) is 0 Å². The van der Waals surface area contributed by atoms with E-state index >= 15 is 0 Å². The molecule has 0 unspecified atom stereocenters. The first-order valence-corrected chi connectivity index (χ1v) is 6.59. The van der Waals surface area contributed by atoms with Crippen LogP contribution >= 0.6 is 0 Å². The molecule has 2 aliphatic rings. The largest absolute Gasteiger partial charge is 0.338 e. The van der Waals surface area contributed by atoms with Crippen LogP contribution < -0.4 is 0 Å². The highest BCUT2D eigenvalue weighted by Crippen LogP contribution is 2.27. The van der Waals surface area contributed by atoms with E-state index in [2.05, 4.69) is 23.0 Å². The number of pyridine rings is 1. The monoisotopic (exact) mass is 255 g/mol. The standard InChI is InChI=1S/C15H17N3O/c1-10-3-5-16-14(7-10)15-13-9-18(11(2)19)6-4-12(13)8-17-15/h3,5,7H,4,6,8-9H2,1-2H3. The third-order valence-electron chi connectivity index (χ3n) is 3.78. The molecule has 19 heavy (non-hydrogen) atoms. The van der Waals surface area contributed by atoms with Crippen molar-refractivity contribution in [1.29, 1.82) is 0 Å². The number of rotatable bonds is 1. The normalized spacial score (nSPS) is 18.4. The fourth-order valence-corrected chi connectivity index (χ4v) is 2.66. The zero-order chi connectivity index (χ0) is 13.4. The van der Waals surface area contributed by atoms with Gasteiger partial charge in [0.05, 0.1) is 18.0 Å². The molecule has 0 bridgehead atoms. The molecular formula is C15H17N3O. The highest BCUT2D eigenvalue weighted by molar-refractivity contribution is 6.14. The fraction of sp³-hybridized carbons (Fsp3) is 0.400. The van der Waals surface area contributed by atoms with Crippen LogP contribution in [0.3, 0.4) is 0 Å². The highest BCUT2D eigenvalue weighted by atomic mass is 16.2. The first-order valence-electron chi connectivity index (χ1n) is 6.59. The summed E-state index contributed by atoms with van der Waals surface area (Å²) < 4.78 is 0. The number of hydrogen-bond acceptors (Lipinski definition) is 3. The maximum atomic E-state index is 11.5. The van der Waals surface area contributed by atoms with Crippen molar-refractivity contribution in [3.8, 4) is 0 Å². The van der Waals surface area contributed by atoms with Crippen molar-refractivity contribution in [2.24, 2.45) is 4.99 Å². The minimum absolute atomic E-state index is 0.134. The van der Waals surface area contributed by atoms with E-state index in [0.29, 0.717) is 6.54 Å². The molecule has 3 rings (SSSR count). The predicted molar refractivity (Wildman–Crippen MR) is 74.3 cm³/mol. The maximum Gasteiger partial charge on any atom is 0.219 e. The number of aryl methyl sites for hydroxylation is 1. The summed E-state index contributed by atoms with van der Waals surface area (Å²) in [4.78, 5) is 22.5. The molecule has 0 aromatic carbocycles. The van der Waals surface area contributed by atoms with E-state index in [4.69, 9.17) is 0 Å². The molecule has 1 aromatic heterocycles. The van der Waals surface area contributed by atoms with E-state index in [-0.39, 0.29) is 5.91 Å². The van der Waals surface area contributed by atoms with E-state index in [0.717, 1.165) is 30.9 Å². The van der Waals surface area contributed by atoms with Gasteiger partial charge < -0.3 is 4.90 Å². The number of carbonyl (C=O) groups is 1. The first-order chi connectivity index (χ1) is 9.15. The van der Waals surface area contributed by atoms with Gasteiger partial charge in [-0.05, 0) is 36.6 Å². The lowest BCUT2D eigenvalue weighted by Gasteiger charge is -2.27. The van der Waals surface area contributed by atoms with Crippen molar-refractivity contribution >= 4 is 11.6 Å². The van der Waals surface area contributed by atoms with Gasteiger partial charge in [0, 0.05) is 31.8 Å². The predicted octanol–water partition coefficient (Wildman–Crippen LogP) is 1.74. The molecule has 0 fully saturated rings. The molecule has 0 atom stereocenters. The van der Waals surface area contributed by atoms with E-state index < -0.39 is 0 Å². The van der Waals surface area contributed by atoms with Crippen LogP contribution in [-0.2, 0) is 4.79 Å². The minimum atomic E-state index is 0.134. The van der Waals surface area contributed by atoms with Gasteiger partial charge in [0.2, 0.25) is 5.91 Å². The van der Waals surface area contributed by atoms with E-state index in [9.17, 15) is 4.79 Å². The summed E-state index contributed by atoms with van der Waals surface area (Å²) in [5, 5.41) is 0. The van der Waals surface area contributed by atoms with Gasteiger partial charge in [0.15, 0.2) is 0 Å². The Labute approximate surface area is 112 Å². The molecule has 1 amide bonds. The van der Waals surface area contributed by atoms with Crippen LogP contribution in [-0.4, -0.2) is 41.1 Å². The summed E-state index contributed by atoms with van der Waals surface area (Å²) in [5.41, 5.74) is 5.66. The number of carbonyl (C=O) groups excluding carboxylic acids is 1. The van der Waals surface area contributed by atoms with Crippen LogP contribution in [0.4, 0.5) is 0 Å². The molecule has 0 saturated carbocycles. The van der Waals surface area contributed by atoms with Gasteiger partial charge >= 0.3 is 0 Å². The fourth-order valence-electron chi connectivity index (χ4n) is 2.66. The van der Waals surface area contributed by atoms with Crippen LogP contribution in [0.5, 0.6) is 0 Å². The van der Waals surface area contributed by atoms with Gasteiger partial charge in [-0.15, -0.1) is 0 Å². The second-order valence-corrected chi connectivity index (χ2v) is 5.16. The third-order valence-corrected chi connectivity index (χ3v) is 3.78. The Balaban J connectivity index is 1.93. The maximum absolute atomic E-state index is 11.5. The second kappa shape index (κ2) is 4.61. The number of nitrogens with zero attached hydrogens (tertiary/aromatic N) is 3. The number of amides is 1. The Morgan fingerprint density at radius 3 is 3.00 bits per heavy atom. The van der Waals surface area contributed by atoms with Gasteiger partial charge in [-0.25, -0.2) is 0 Å². The molecule has 3 heterocycles. The van der Waals surface area contributed by atoms with Gasteiger partial charge in [0.1, 0.15) is 0 Å². The minimum Gasteiger partial charge on any atom is -0.338 e. The van der Waals surface area contributed by atoms with Crippen LogP contribution in [0.2, 0.25) is 0 Å². The van der Waals surface area contributed by atoms with Gasteiger partial charge in [-0.3, -0.25) is 14.8 Å². The summed E-state index contributed by atoms with van der Waals surface area (Å²) in [5.74, 6) is 0.134. The SMILES string of the molecule is CC(=O)N1CCC2=C(C1)C(c1cc(C)ccn1)=NC2.